The largest absolute Gasteiger partial charge is 0.494 e. The molecule has 1 fully saturated rings. The van der Waals surface area contributed by atoms with Gasteiger partial charge in [-0.2, -0.15) is 0 Å². The molecule has 0 spiro atoms. The first-order valence-corrected chi connectivity index (χ1v) is 13.6. The number of imidazole rings is 1. The molecular formula is C30H33FN6O3. The van der Waals surface area contributed by atoms with Crippen LogP contribution in [-0.2, 0) is 13.1 Å². The zero-order chi connectivity index (χ0) is 28.0. The van der Waals surface area contributed by atoms with E-state index in [0.29, 0.717) is 41.1 Å². The van der Waals surface area contributed by atoms with Crippen LogP contribution in [0.1, 0.15) is 23.2 Å². The number of rotatable bonds is 7. The fourth-order valence-electron chi connectivity index (χ4n) is 6.19. The number of likely N-dealkylation sites (tertiary alicyclic amines) is 1. The Morgan fingerprint density at radius 2 is 2.10 bits per heavy atom. The molecule has 0 aliphatic carbocycles. The first-order valence-electron chi connectivity index (χ1n) is 13.6. The standard InChI is InChI=1S/C30H33FN6O3/c1-3-8-37-28-23(13-20(15-26(28)40-2)30(39)35-17-21(31)16-22(32)18-35)33-29(37)25-14-19-6-4-7-24-27(19)36(25)11-10-34(24)9-5-12-38/h1,4,6-7,13-15,21-22,38H,5,8-12,16-18,32H2,2H3/t21-,22-/m1/s1. The number of hydrogen-bond acceptors (Lipinski definition) is 6. The smallest absolute Gasteiger partial charge is 0.254 e. The lowest BCUT2D eigenvalue weighted by atomic mass is 10.0. The predicted octanol–water partition coefficient (Wildman–Crippen LogP) is 3.01. The number of para-hydroxylation sites is 1. The van der Waals surface area contributed by atoms with Gasteiger partial charge in [0.15, 0.2) is 5.82 Å². The van der Waals surface area contributed by atoms with Gasteiger partial charge in [-0.05, 0) is 37.1 Å². The molecule has 4 heterocycles. The summed E-state index contributed by atoms with van der Waals surface area (Å²) >= 11 is 0. The number of nitrogens with zero attached hydrogens (tertiary/aromatic N) is 5. The second kappa shape index (κ2) is 10.5. The number of alkyl halides is 1. The molecule has 0 radical (unpaired) electrons. The van der Waals surface area contributed by atoms with Crippen LogP contribution in [0.2, 0.25) is 0 Å². The molecule has 9 nitrogen and oxygen atoms in total. The number of amides is 1. The van der Waals surface area contributed by atoms with Crippen molar-refractivity contribution in [2.45, 2.75) is 38.1 Å². The summed E-state index contributed by atoms with van der Waals surface area (Å²) in [5.74, 6) is 3.60. The molecule has 208 valence electrons. The Hall–Kier alpha value is -4.07. The normalized spacial score (nSPS) is 18.9. The molecule has 0 bridgehead atoms. The molecule has 3 N–H and O–H groups in total. The van der Waals surface area contributed by atoms with E-state index >= 15 is 0 Å². The van der Waals surface area contributed by atoms with Gasteiger partial charge in [0, 0.05) is 49.8 Å². The molecule has 2 aromatic carbocycles. The van der Waals surface area contributed by atoms with E-state index in [2.05, 4.69) is 33.6 Å². The molecule has 2 aliphatic heterocycles. The fraction of sp³-hybridized carbons (Fsp3) is 0.400. The van der Waals surface area contributed by atoms with E-state index < -0.39 is 12.2 Å². The lowest BCUT2D eigenvalue weighted by Gasteiger charge is -2.33. The van der Waals surface area contributed by atoms with Gasteiger partial charge in [-0.15, -0.1) is 6.42 Å². The van der Waals surface area contributed by atoms with Gasteiger partial charge >= 0.3 is 0 Å². The van der Waals surface area contributed by atoms with Crippen LogP contribution in [-0.4, -0.2) is 82.1 Å². The number of aliphatic hydroxyl groups excluding tert-OH is 1. The third-order valence-electron chi connectivity index (χ3n) is 7.89. The Bertz CT molecular complexity index is 1630. The number of ether oxygens (including phenoxy) is 1. The highest BCUT2D eigenvalue weighted by atomic mass is 19.1. The van der Waals surface area contributed by atoms with Crippen LogP contribution in [0.3, 0.4) is 0 Å². The van der Waals surface area contributed by atoms with Crippen molar-refractivity contribution in [3.8, 4) is 29.6 Å². The topological polar surface area (TPSA) is 102 Å². The quantitative estimate of drug-likeness (QED) is 0.347. The maximum absolute atomic E-state index is 14.2. The molecule has 4 aromatic rings. The van der Waals surface area contributed by atoms with Crippen LogP contribution in [0, 0.1) is 12.3 Å². The predicted molar refractivity (Wildman–Crippen MR) is 153 cm³/mol. The average molecular weight is 545 g/mol. The van der Waals surface area contributed by atoms with Gasteiger partial charge in [0.1, 0.15) is 17.4 Å². The number of nitrogens with two attached hydrogens (primary N) is 1. The number of halogens is 1. The molecule has 1 saturated heterocycles. The summed E-state index contributed by atoms with van der Waals surface area (Å²) < 4.78 is 24.2. The van der Waals surface area contributed by atoms with Crippen molar-refractivity contribution in [1.82, 2.24) is 19.0 Å². The van der Waals surface area contributed by atoms with E-state index in [-0.39, 0.29) is 32.0 Å². The number of fused-ring (bicyclic) bond motifs is 1. The number of piperidine rings is 1. The molecule has 40 heavy (non-hydrogen) atoms. The van der Waals surface area contributed by atoms with Crippen LogP contribution in [0.15, 0.2) is 36.4 Å². The average Bonchev–Trinajstić information content (AvgIpc) is 3.50. The highest BCUT2D eigenvalue weighted by Gasteiger charge is 2.30. The summed E-state index contributed by atoms with van der Waals surface area (Å²) in [4.78, 5) is 22.2. The maximum Gasteiger partial charge on any atom is 0.254 e. The number of anilines is 1. The summed E-state index contributed by atoms with van der Waals surface area (Å²) in [5, 5.41) is 10.5. The minimum atomic E-state index is -1.15. The monoisotopic (exact) mass is 544 g/mol. The number of aromatic nitrogens is 3. The maximum atomic E-state index is 14.2. The number of terminal acetylenes is 1. The Morgan fingerprint density at radius 3 is 2.85 bits per heavy atom. The summed E-state index contributed by atoms with van der Waals surface area (Å²) in [7, 11) is 1.55. The van der Waals surface area contributed by atoms with Crippen LogP contribution >= 0.6 is 0 Å². The zero-order valence-corrected chi connectivity index (χ0v) is 22.5. The molecule has 1 amide bonds. The highest BCUT2D eigenvalue weighted by molar-refractivity contribution is 6.01. The van der Waals surface area contributed by atoms with Crippen LogP contribution in [0.5, 0.6) is 5.75 Å². The number of carbonyl (C=O) groups is 1. The summed E-state index contributed by atoms with van der Waals surface area (Å²) in [6.45, 7) is 3.07. The number of hydrogen-bond donors (Lipinski definition) is 2. The van der Waals surface area contributed by atoms with Crippen molar-refractivity contribution in [3.05, 3.63) is 42.0 Å². The van der Waals surface area contributed by atoms with Gasteiger partial charge in [-0.3, -0.25) is 4.79 Å². The molecule has 6 rings (SSSR count). The first kappa shape index (κ1) is 26.2. The number of carbonyl (C=O) groups excluding carboxylic acids is 1. The van der Waals surface area contributed by atoms with Crippen LogP contribution < -0.4 is 15.4 Å². The van der Waals surface area contributed by atoms with Gasteiger partial charge in [0.2, 0.25) is 0 Å². The number of benzene rings is 2. The van der Waals surface area contributed by atoms with Crippen molar-refractivity contribution in [2.24, 2.45) is 5.73 Å². The van der Waals surface area contributed by atoms with E-state index in [1.165, 1.54) is 4.90 Å². The zero-order valence-electron chi connectivity index (χ0n) is 22.5. The third-order valence-corrected chi connectivity index (χ3v) is 7.89. The SMILES string of the molecule is C#CCn1c(-c2cc3cccc4c3n2CCN4CCCO)nc2cc(C(=O)N3C[C@H](N)C[C@@H](F)C3)cc(OC)c21. The summed E-state index contributed by atoms with van der Waals surface area (Å²) in [6, 6.07) is 11.4. The number of methoxy groups -OCH3 is 1. The Balaban J connectivity index is 1.49. The Kier molecular flexibility index (Phi) is 6.86. The van der Waals surface area contributed by atoms with Gasteiger partial charge < -0.3 is 34.5 Å². The molecule has 2 atom stereocenters. The van der Waals surface area contributed by atoms with E-state index in [0.717, 1.165) is 41.9 Å². The van der Waals surface area contributed by atoms with E-state index in [9.17, 15) is 14.3 Å². The lowest BCUT2D eigenvalue weighted by Crippen LogP contribution is -2.50. The lowest BCUT2D eigenvalue weighted by molar-refractivity contribution is 0.0606. The molecular weight excluding hydrogens is 511 g/mol. The summed E-state index contributed by atoms with van der Waals surface area (Å²) in [6.07, 6.45) is 5.62. The second-order valence-electron chi connectivity index (χ2n) is 10.5. The van der Waals surface area contributed by atoms with Crippen molar-refractivity contribution >= 4 is 33.5 Å². The van der Waals surface area contributed by atoms with Crippen molar-refractivity contribution in [1.29, 1.82) is 0 Å². The third kappa shape index (κ3) is 4.35. The first-order chi connectivity index (χ1) is 19.4. The van der Waals surface area contributed by atoms with Gasteiger partial charge in [0.05, 0.1) is 42.6 Å². The van der Waals surface area contributed by atoms with Crippen LogP contribution in [0.25, 0.3) is 33.5 Å². The van der Waals surface area contributed by atoms with Crippen molar-refractivity contribution in [2.75, 3.05) is 44.8 Å². The molecule has 0 saturated carbocycles. The molecule has 0 unspecified atom stereocenters. The van der Waals surface area contributed by atoms with E-state index in [4.69, 9.17) is 21.9 Å². The molecule has 2 aliphatic rings. The molecule has 2 aromatic heterocycles. The fourth-order valence-corrected chi connectivity index (χ4v) is 6.19. The van der Waals surface area contributed by atoms with Gasteiger partial charge in [0.25, 0.3) is 5.91 Å². The second-order valence-corrected chi connectivity index (χ2v) is 10.5. The minimum absolute atomic E-state index is 0.0153. The van der Waals surface area contributed by atoms with E-state index in [1.807, 2.05) is 10.6 Å². The summed E-state index contributed by atoms with van der Waals surface area (Å²) in [5.41, 5.74) is 10.8. The number of aliphatic hydroxyl groups is 1. The van der Waals surface area contributed by atoms with Crippen molar-refractivity contribution < 1.29 is 19.0 Å². The minimum Gasteiger partial charge on any atom is -0.494 e. The van der Waals surface area contributed by atoms with Crippen LogP contribution in [0.4, 0.5) is 10.1 Å². The highest BCUT2D eigenvalue weighted by Crippen LogP contribution is 2.39. The van der Waals surface area contributed by atoms with Crippen molar-refractivity contribution in [3.63, 3.8) is 0 Å². The Morgan fingerprint density at radius 1 is 1.25 bits per heavy atom. The molecule has 10 heteroatoms. The van der Waals surface area contributed by atoms with Gasteiger partial charge in [-0.1, -0.05) is 18.1 Å². The van der Waals surface area contributed by atoms with E-state index in [1.54, 1.807) is 19.2 Å². The van der Waals surface area contributed by atoms with Gasteiger partial charge in [-0.25, -0.2) is 9.37 Å². The Labute approximate surface area is 231 Å².